The quantitative estimate of drug-likeness (QED) is 0.528. The van der Waals surface area contributed by atoms with Crippen molar-refractivity contribution in [2.45, 2.75) is 23.7 Å². The van der Waals surface area contributed by atoms with Crippen LogP contribution in [0.1, 0.15) is 29.3 Å². The molecular weight excluding hydrogens is 421 g/mol. The molecule has 2 aromatic rings. The summed E-state index contributed by atoms with van der Waals surface area (Å²) >= 11 is 4.63. The zero-order chi connectivity index (χ0) is 18.5. The van der Waals surface area contributed by atoms with Gasteiger partial charge in [0.15, 0.2) is 0 Å². The molecule has 1 fully saturated rings. The first-order chi connectivity index (χ1) is 12.4. The van der Waals surface area contributed by atoms with E-state index in [2.05, 4.69) is 27.6 Å². The molecule has 0 spiro atoms. The molecule has 0 saturated heterocycles. The van der Waals surface area contributed by atoms with Gasteiger partial charge in [-0.2, -0.15) is 0 Å². The van der Waals surface area contributed by atoms with Crippen LogP contribution in [0.3, 0.4) is 0 Å². The van der Waals surface area contributed by atoms with Crippen molar-refractivity contribution < 1.29 is 18.7 Å². The van der Waals surface area contributed by atoms with E-state index in [0.29, 0.717) is 34.0 Å². The molecule has 4 nitrogen and oxygen atoms in total. The van der Waals surface area contributed by atoms with Gasteiger partial charge in [-0.15, -0.1) is 0 Å². The van der Waals surface area contributed by atoms with E-state index in [1.807, 2.05) is 12.1 Å². The fourth-order valence-electron chi connectivity index (χ4n) is 3.45. The SMILES string of the molecule is COC(=O)c1c(NSc2ccc(F)cc2Br)ccc2c1OCC1CC21C. The summed E-state index contributed by atoms with van der Waals surface area (Å²) in [4.78, 5) is 13.2. The highest BCUT2D eigenvalue weighted by Crippen LogP contribution is 2.60. The van der Waals surface area contributed by atoms with Crippen LogP contribution >= 0.6 is 27.9 Å². The van der Waals surface area contributed by atoms with E-state index >= 15 is 0 Å². The second-order valence-corrected chi connectivity index (χ2v) is 8.47. The normalized spacial score (nSPS) is 22.7. The number of hydrogen-bond donors (Lipinski definition) is 1. The van der Waals surface area contributed by atoms with Crippen molar-refractivity contribution in [1.82, 2.24) is 0 Å². The third-order valence-corrected chi connectivity index (χ3v) is 6.98. The monoisotopic (exact) mass is 437 g/mol. The number of fused-ring (bicyclic) bond motifs is 3. The number of nitrogens with one attached hydrogen (secondary N) is 1. The molecule has 0 bridgehead atoms. The molecule has 2 aliphatic rings. The maximum atomic E-state index is 13.3. The average molecular weight is 438 g/mol. The van der Waals surface area contributed by atoms with E-state index in [1.54, 1.807) is 6.07 Å². The first kappa shape index (κ1) is 17.7. The molecule has 1 aliphatic heterocycles. The van der Waals surface area contributed by atoms with Gasteiger partial charge in [0.1, 0.15) is 17.1 Å². The third kappa shape index (κ3) is 2.87. The Hall–Kier alpha value is -1.73. The van der Waals surface area contributed by atoms with Gasteiger partial charge in [-0.05, 0) is 58.6 Å². The lowest BCUT2D eigenvalue weighted by atomic mass is 9.90. The maximum Gasteiger partial charge on any atom is 0.343 e. The van der Waals surface area contributed by atoms with E-state index in [-0.39, 0.29) is 11.2 Å². The Bertz CT molecular complexity index is 907. The second-order valence-electron chi connectivity index (χ2n) is 6.76. The van der Waals surface area contributed by atoms with Crippen LogP contribution in [-0.4, -0.2) is 19.7 Å². The van der Waals surface area contributed by atoms with Crippen LogP contribution in [0.2, 0.25) is 0 Å². The highest BCUT2D eigenvalue weighted by Gasteiger charge is 2.56. The maximum absolute atomic E-state index is 13.3. The zero-order valence-electron chi connectivity index (χ0n) is 14.3. The number of anilines is 1. The Morgan fingerprint density at radius 1 is 1.42 bits per heavy atom. The van der Waals surface area contributed by atoms with E-state index < -0.39 is 5.97 Å². The van der Waals surface area contributed by atoms with Crippen molar-refractivity contribution >= 4 is 39.5 Å². The van der Waals surface area contributed by atoms with E-state index in [0.717, 1.165) is 16.9 Å². The minimum Gasteiger partial charge on any atom is -0.492 e. The van der Waals surface area contributed by atoms with Crippen LogP contribution in [0, 0.1) is 11.7 Å². The predicted molar refractivity (Wildman–Crippen MR) is 102 cm³/mol. The molecule has 2 atom stereocenters. The van der Waals surface area contributed by atoms with Crippen LogP contribution in [0.4, 0.5) is 10.1 Å². The van der Waals surface area contributed by atoms with Gasteiger partial charge in [-0.25, -0.2) is 9.18 Å². The topological polar surface area (TPSA) is 47.6 Å². The number of rotatable bonds is 4. The number of benzene rings is 2. The van der Waals surface area contributed by atoms with Gasteiger partial charge in [-0.3, -0.25) is 0 Å². The van der Waals surface area contributed by atoms with Gasteiger partial charge in [0.25, 0.3) is 0 Å². The number of halogens is 2. The van der Waals surface area contributed by atoms with Crippen molar-refractivity contribution in [2.75, 3.05) is 18.4 Å². The summed E-state index contributed by atoms with van der Waals surface area (Å²) in [5.74, 6) is 0.373. The standard InChI is InChI=1S/C19H17BrFNO3S/c1-19-8-10(19)9-25-17-12(19)4-5-14(16(17)18(23)24-2)22-26-15-6-3-11(21)7-13(15)20/h3-7,10,22H,8-9H2,1-2H3. The Labute approximate surface area is 163 Å². The van der Waals surface area contributed by atoms with Crippen molar-refractivity contribution in [3.63, 3.8) is 0 Å². The molecule has 1 aliphatic carbocycles. The van der Waals surface area contributed by atoms with Crippen molar-refractivity contribution in [3.8, 4) is 5.75 Å². The molecule has 0 aromatic heterocycles. The minimum atomic E-state index is -0.439. The van der Waals surface area contributed by atoms with Crippen LogP contribution in [0.25, 0.3) is 0 Å². The van der Waals surface area contributed by atoms with Crippen LogP contribution in [0.15, 0.2) is 39.7 Å². The number of carbonyl (C=O) groups is 1. The molecule has 2 aromatic carbocycles. The first-order valence-corrected chi connectivity index (χ1v) is 9.81. The smallest absolute Gasteiger partial charge is 0.343 e. The number of carbonyl (C=O) groups excluding carboxylic acids is 1. The average Bonchev–Trinajstić information content (AvgIpc) is 3.31. The minimum absolute atomic E-state index is 0.0853. The Morgan fingerprint density at radius 2 is 2.23 bits per heavy atom. The van der Waals surface area contributed by atoms with Crippen LogP contribution in [-0.2, 0) is 10.2 Å². The largest absolute Gasteiger partial charge is 0.492 e. The summed E-state index contributed by atoms with van der Waals surface area (Å²) in [6, 6.07) is 8.35. The van der Waals surface area contributed by atoms with Gasteiger partial charge < -0.3 is 14.2 Å². The summed E-state index contributed by atoms with van der Waals surface area (Å²) in [6.45, 7) is 2.82. The highest BCUT2D eigenvalue weighted by atomic mass is 79.9. The molecule has 26 heavy (non-hydrogen) atoms. The molecule has 2 unspecified atom stereocenters. The lowest BCUT2D eigenvalue weighted by Crippen LogP contribution is -2.21. The summed E-state index contributed by atoms with van der Waals surface area (Å²) in [5, 5.41) is 0. The summed E-state index contributed by atoms with van der Waals surface area (Å²) in [5.41, 5.74) is 2.16. The molecule has 136 valence electrons. The fraction of sp³-hybridized carbons (Fsp3) is 0.316. The molecule has 4 rings (SSSR count). The van der Waals surface area contributed by atoms with Crippen molar-refractivity contribution in [1.29, 1.82) is 0 Å². The van der Waals surface area contributed by atoms with Gasteiger partial charge in [-0.1, -0.05) is 13.0 Å². The van der Waals surface area contributed by atoms with E-state index in [9.17, 15) is 9.18 Å². The van der Waals surface area contributed by atoms with Gasteiger partial charge >= 0.3 is 5.97 Å². The molecule has 0 amide bonds. The Kier molecular flexibility index (Phi) is 4.39. The van der Waals surface area contributed by atoms with Gasteiger partial charge in [0.2, 0.25) is 0 Å². The number of methoxy groups -OCH3 is 1. The second kappa shape index (κ2) is 6.46. The first-order valence-electron chi connectivity index (χ1n) is 8.20. The number of ether oxygens (including phenoxy) is 2. The Morgan fingerprint density at radius 3 is 2.96 bits per heavy atom. The predicted octanol–water partition coefficient (Wildman–Crippen LogP) is 5.16. The molecule has 1 N–H and O–H groups in total. The number of esters is 1. The van der Waals surface area contributed by atoms with Gasteiger partial charge in [0.05, 0.1) is 19.4 Å². The Balaban J connectivity index is 1.69. The summed E-state index contributed by atoms with van der Waals surface area (Å²) < 4.78 is 28.0. The summed E-state index contributed by atoms with van der Waals surface area (Å²) in [6.07, 6.45) is 1.07. The van der Waals surface area contributed by atoms with E-state index in [1.165, 1.54) is 31.2 Å². The molecule has 7 heteroatoms. The zero-order valence-corrected chi connectivity index (χ0v) is 16.7. The van der Waals surface area contributed by atoms with Gasteiger partial charge in [0, 0.05) is 26.3 Å². The number of hydrogen-bond acceptors (Lipinski definition) is 5. The highest BCUT2D eigenvalue weighted by molar-refractivity contribution is 9.10. The fourth-order valence-corrected chi connectivity index (χ4v) is 4.73. The lowest BCUT2D eigenvalue weighted by molar-refractivity contribution is 0.0595. The molecule has 1 saturated carbocycles. The third-order valence-electron chi connectivity index (χ3n) is 5.17. The van der Waals surface area contributed by atoms with E-state index in [4.69, 9.17) is 9.47 Å². The molecule has 0 radical (unpaired) electrons. The lowest BCUT2D eigenvalue weighted by Gasteiger charge is -2.26. The van der Waals surface area contributed by atoms with Crippen molar-refractivity contribution in [2.24, 2.45) is 5.92 Å². The molecular formula is C19H17BrFNO3S. The van der Waals surface area contributed by atoms with Crippen molar-refractivity contribution in [3.05, 3.63) is 51.7 Å². The van der Waals surface area contributed by atoms with Crippen LogP contribution in [0.5, 0.6) is 5.75 Å². The van der Waals surface area contributed by atoms with Crippen LogP contribution < -0.4 is 9.46 Å². The molecule has 1 heterocycles. The summed E-state index contributed by atoms with van der Waals surface area (Å²) in [7, 11) is 1.36.